The molecule has 2 amide bonds. The third-order valence-electron chi connectivity index (χ3n) is 3.06. The van der Waals surface area contributed by atoms with E-state index in [0.29, 0.717) is 5.56 Å². The number of amides is 2. The second-order valence-electron chi connectivity index (χ2n) is 4.70. The quantitative estimate of drug-likeness (QED) is 0.697. The number of carbonyl (C=O) groups is 2. The van der Waals surface area contributed by atoms with Gasteiger partial charge < -0.3 is 20.5 Å². The lowest BCUT2D eigenvalue weighted by molar-refractivity contribution is -0.274. The first kappa shape index (κ1) is 16.1. The van der Waals surface area contributed by atoms with Gasteiger partial charge in [0.2, 0.25) is 11.8 Å². The Bertz CT molecular complexity index is 559. The molecule has 1 aliphatic rings. The van der Waals surface area contributed by atoms with Crippen molar-refractivity contribution in [1.82, 2.24) is 10.6 Å². The number of carbonyl (C=O) groups excluding carboxylic acids is 2. The van der Waals surface area contributed by atoms with Gasteiger partial charge in [-0.15, -0.1) is 13.2 Å². The largest absolute Gasteiger partial charge is 0.573 e. The lowest BCUT2D eigenvalue weighted by Gasteiger charge is -2.12. The molecule has 0 saturated carbocycles. The molecule has 1 fully saturated rings. The van der Waals surface area contributed by atoms with E-state index in [2.05, 4.69) is 15.4 Å². The van der Waals surface area contributed by atoms with Crippen LogP contribution in [0.1, 0.15) is 5.56 Å². The summed E-state index contributed by atoms with van der Waals surface area (Å²) < 4.78 is 39.7. The number of halogens is 3. The fourth-order valence-corrected chi connectivity index (χ4v) is 2.01. The molecular weight excluding hydrogens is 305 g/mol. The lowest BCUT2D eigenvalue weighted by Crippen LogP contribution is -2.39. The Balaban J connectivity index is 1.89. The second kappa shape index (κ2) is 6.22. The minimum Gasteiger partial charge on any atom is -0.406 e. The van der Waals surface area contributed by atoms with Crippen LogP contribution in [-0.2, 0) is 16.1 Å². The molecule has 9 heteroatoms. The molecule has 0 spiro atoms. The van der Waals surface area contributed by atoms with Crippen LogP contribution in [-0.4, -0.2) is 35.9 Å². The van der Waals surface area contributed by atoms with Crippen molar-refractivity contribution in [1.29, 1.82) is 0 Å². The third-order valence-corrected chi connectivity index (χ3v) is 3.06. The lowest BCUT2D eigenvalue weighted by atomic mass is 10.0. The van der Waals surface area contributed by atoms with Crippen LogP contribution in [0.5, 0.6) is 5.75 Å². The van der Waals surface area contributed by atoms with Crippen molar-refractivity contribution in [2.45, 2.75) is 19.0 Å². The molecule has 1 aromatic rings. The molecule has 3 N–H and O–H groups in total. The van der Waals surface area contributed by atoms with E-state index in [4.69, 9.17) is 0 Å². The summed E-state index contributed by atoms with van der Waals surface area (Å²) in [5.41, 5.74) is 0.524. The van der Waals surface area contributed by atoms with Gasteiger partial charge in [-0.3, -0.25) is 9.59 Å². The van der Waals surface area contributed by atoms with Crippen LogP contribution in [0, 0.1) is 5.92 Å². The van der Waals surface area contributed by atoms with Crippen LogP contribution in [0.15, 0.2) is 24.3 Å². The minimum atomic E-state index is -4.76. The van der Waals surface area contributed by atoms with Crippen LogP contribution >= 0.6 is 0 Å². The van der Waals surface area contributed by atoms with Crippen LogP contribution in [0.2, 0.25) is 0 Å². The highest BCUT2D eigenvalue weighted by molar-refractivity contribution is 6.02. The average Bonchev–Trinajstić information content (AvgIpc) is 2.75. The van der Waals surface area contributed by atoms with E-state index in [1.807, 2.05) is 0 Å². The SMILES string of the molecule is O=C(NCc1ccc(OC(F)(F)F)cc1)C1C(=O)NCC1O. The van der Waals surface area contributed by atoms with Gasteiger partial charge in [-0.05, 0) is 17.7 Å². The Kier molecular flexibility index (Phi) is 4.55. The molecular formula is C13H13F3N2O4. The fourth-order valence-electron chi connectivity index (χ4n) is 2.01. The van der Waals surface area contributed by atoms with E-state index >= 15 is 0 Å². The number of hydrogen-bond acceptors (Lipinski definition) is 4. The monoisotopic (exact) mass is 318 g/mol. The number of β-amino-alcohol motifs (C(OH)–C–C–N with tert-alkyl or cyclic N) is 1. The summed E-state index contributed by atoms with van der Waals surface area (Å²) in [6.45, 7) is 0.0298. The summed E-state index contributed by atoms with van der Waals surface area (Å²) in [6, 6.07) is 4.94. The second-order valence-corrected chi connectivity index (χ2v) is 4.70. The standard InChI is InChI=1S/C13H13F3N2O4/c14-13(15,16)22-8-3-1-7(2-4-8)5-17-11(20)10-9(19)6-18-12(10)21/h1-4,9-10,19H,5-6H2,(H,17,20)(H,18,21). The van der Waals surface area contributed by atoms with Gasteiger partial charge in [-0.25, -0.2) is 0 Å². The van der Waals surface area contributed by atoms with Gasteiger partial charge in [-0.1, -0.05) is 12.1 Å². The molecule has 0 aliphatic carbocycles. The number of aliphatic hydroxyl groups excluding tert-OH is 1. The number of benzene rings is 1. The summed E-state index contributed by atoms with van der Waals surface area (Å²) >= 11 is 0. The number of nitrogens with one attached hydrogen (secondary N) is 2. The molecule has 1 saturated heterocycles. The topological polar surface area (TPSA) is 87.7 Å². The van der Waals surface area contributed by atoms with Crippen LogP contribution in [0.3, 0.4) is 0 Å². The van der Waals surface area contributed by atoms with Gasteiger partial charge in [0.25, 0.3) is 0 Å². The summed E-state index contributed by atoms with van der Waals surface area (Å²) in [5.74, 6) is -2.74. The highest BCUT2D eigenvalue weighted by Gasteiger charge is 2.38. The zero-order valence-electron chi connectivity index (χ0n) is 11.2. The first-order valence-electron chi connectivity index (χ1n) is 6.34. The van der Waals surface area contributed by atoms with Crippen molar-refractivity contribution in [3.63, 3.8) is 0 Å². The van der Waals surface area contributed by atoms with E-state index in [-0.39, 0.29) is 18.8 Å². The third kappa shape index (κ3) is 4.10. The van der Waals surface area contributed by atoms with E-state index in [1.54, 1.807) is 0 Å². The van der Waals surface area contributed by atoms with E-state index in [1.165, 1.54) is 12.1 Å². The van der Waals surface area contributed by atoms with E-state index < -0.39 is 30.2 Å². The molecule has 1 aliphatic heterocycles. The number of rotatable bonds is 4. The van der Waals surface area contributed by atoms with Gasteiger partial charge in [-0.2, -0.15) is 0 Å². The molecule has 1 aromatic carbocycles. The number of hydrogen-bond donors (Lipinski definition) is 3. The van der Waals surface area contributed by atoms with Gasteiger partial charge in [0, 0.05) is 13.1 Å². The van der Waals surface area contributed by atoms with Gasteiger partial charge in [0.05, 0.1) is 6.10 Å². The number of alkyl halides is 3. The summed E-state index contributed by atoms with van der Waals surface area (Å²) in [7, 11) is 0. The summed E-state index contributed by atoms with van der Waals surface area (Å²) in [6.07, 6.45) is -5.85. The van der Waals surface area contributed by atoms with E-state index in [9.17, 15) is 27.9 Å². The molecule has 0 radical (unpaired) electrons. The first-order valence-corrected chi connectivity index (χ1v) is 6.34. The minimum absolute atomic E-state index is 0.0143. The predicted octanol–water partition coefficient (Wildman–Crippen LogP) is 0.308. The van der Waals surface area contributed by atoms with Gasteiger partial charge >= 0.3 is 6.36 Å². The molecule has 120 valence electrons. The van der Waals surface area contributed by atoms with Crippen molar-refractivity contribution in [2.24, 2.45) is 5.92 Å². The van der Waals surface area contributed by atoms with E-state index in [0.717, 1.165) is 12.1 Å². The average molecular weight is 318 g/mol. The van der Waals surface area contributed by atoms with Crippen molar-refractivity contribution < 1.29 is 32.6 Å². The molecule has 0 bridgehead atoms. The van der Waals surface area contributed by atoms with Crippen molar-refractivity contribution in [3.05, 3.63) is 29.8 Å². The molecule has 22 heavy (non-hydrogen) atoms. The van der Waals surface area contributed by atoms with Crippen molar-refractivity contribution in [3.8, 4) is 5.75 Å². The molecule has 6 nitrogen and oxygen atoms in total. The normalized spacial score (nSPS) is 21.4. The summed E-state index contributed by atoms with van der Waals surface area (Å²) in [4.78, 5) is 23.1. The maximum absolute atomic E-state index is 12.0. The maximum Gasteiger partial charge on any atom is 0.573 e. The Morgan fingerprint density at radius 2 is 2.00 bits per heavy atom. The Morgan fingerprint density at radius 3 is 2.50 bits per heavy atom. The molecule has 2 rings (SSSR count). The first-order chi connectivity index (χ1) is 10.3. The van der Waals surface area contributed by atoms with Crippen molar-refractivity contribution in [2.75, 3.05) is 6.54 Å². The highest BCUT2D eigenvalue weighted by atomic mass is 19.4. The van der Waals surface area contributed by atoms with Gasteiger partial charge in [0.15, 0.2) is 0 Å². The zero-order valence-corrected chi connectivity index (χ0v) is 11.2. The highest BCUT2D eigenvalue weighted by Crippen LogP contribution is 2.22. The maximum atomic E-state index is 12.0. The number of aliphatic hydroxyl groups is 1. The van der Waals surface area contributed by atoms with Gasteiger partial charge in [0.1, 0.15) is 11.7 Å². The Morgan fingerprint density at radius 1 is 1.36 bits per heavy atom. The zero-order chi connectivity index (χ0) is 16.3. The molecule has 2 atom stereocenters. The summed E-state index contributed by atoms with van der Waals surface area (Å²) in [5, 5.41) is 14.3. The smallest absolute Gasteiger partial charge is 0.406 e. The van der Waals surface area contributed by atoms with Crippen molar-refractivity contribution >= 4 is 11.8 Å². The Hall–Kier alpha value is -2.29. The number of ether oxygens (including phenoxy) is 1. The van der Waals surface area contributed by atoms with Crippen LogP contribution in [0.4, 0.5) is 13.2 Å². The molecule has 2 unspecified atom stereocenters. The fraction of sp³-hybridized carbons (Fsp3) is 0.385. The molecule has 1 heterocycles. The molecule has 0 aromatic heterocycles. The van der Waals surface area contributed by atoms with Crippen LogP contribution in [0.25, 0.3) is 0 Å². The Labute approximate surface area is 123 Å². The van der Waals surface area contributed by atoms with Crippen LogP contribution < -0.4 is 15.4 Å². The predicted molar refractivity (Wildman–Crippen MR) is 67.5 cm³/mol.